The molecule has 1 fully saturated rings. The summed E-state index contributed by atoms with van der Waals surface area (Å²) in [5.74, 6) is 2.21. The van der Waals surface area contributed by atoms with Crippen LogP contribution in [0.5, 0.6) is 0 Å². The van der Waals surface area contributed by atoms with Crippen LogP contribution >= 0.6 is 0 Å². The lowest BCUT2D eigenvalue weighted by molar-refractivity contribution is 0.0479. The number of rotatable bonds is 11. The van der Waals surface area contributed by atoms with Gasteiger partial charge in [-0.3, -0.25) is 0 Å². The van der Waals surface area contributed by atoms with E-state index >= 15 is 0 Å². The van der Waals surface area contributed by atoms with Crippen LogP contribution in [0.25, 0.3) is 0 Å². The van der Waals surface area contributed by atoms with Crippen LogP contribution in [0.2, 0.25) is 0 Å². The molecular formula is C20H40O. The first-order valence-electron chi connectivity index (χ1n) is 9.81. The fourth-order valence-corrected chi connectivity index (χ4v) is 4.22. The average molecular weight is 297 g/mol. The molecule has 0 aliphatic heterocycles. The van der Waals surface area contributed by atoms with Crippen molar-refractivity contribution in [3.05, 3.63) is 0 Å². The van der Waals surface area contributed by atoms with Gasteiger partial charge in [-0.25, -0.2) is 0 Å². The third-order valence-corrected chi connectivity index (χ3v) is 5.36. The molecule has 0 bridgehead atoms. The van der Waals surface area contributed by atoms with Gasteiger partial charge >= 0.3 is 0 Å². The highest BCUT2D eigenvalue weighted by molar-refractivity contribution is 4.79. The van der Waals surface area contributed by atoms with E-state index in [2.05, 4.69) is 20.8 Å². The molecule has 0 amide bonds. The Bertz CT molecular complexity index is 228. The molecule has 3 atom stereocenters. The van der Waals surface area contributed by atoms with E-state index in [-0.39, 0.29) is 6.10 Å². The van der Waals surface area contributed by atoms with E-state index in [1.165, 1.54) is 77.0 Å². The summed E-state index contributed by atoms with van der Waals surface area (Å²) in [6.45, 7) is 6.99. The van der Waals surface area contributed by atoms with Crippen LogP contribution in [0.1, 0.15) is 104 Å². The Morgan fingerprint density at radius 3 is 1.76 bits per heavy atom. The molecule has 1 nitrogen and oxygen atoms in total. The maximum Gasteiger partial charge on any atom is 0.0568 e. The van der Waals surface area contributed by atoms with E-state index in [1.807, 2.05) is 0 Å². The highest BCUT2D eigenvalue weighted by atomic mass is 16.3. The summed E-state index contributed by atoms with van der Waals surface area (Å²) in [7, 11) is 0. The van der Waals surface area contributed by atoms with Gasteiger partial charge in [-0.1, -0.05) is 78.6 Å². The van der Waals surface area contributed by atoms with Crippen LogP contribution in [-0.4, -0.2) is 11.2 Å². The normalized spacial score (nSPS) is 27.7. The van der Waals surface area contributed by atoms with Gasteiger partial charge in [-0.05, 0) is 43.4 Å². The highest BCUT2D eigenvalue weighted by Gasteiger charge is 2.28. The predicted octanol–water partition coefficient (Wildman–Crippen LogP) is 6.34. The van der Waals surface area contributed by atoms with Gasteiger partial charge in [0.05, 0.1) is 6.10 Å². The summed E-state index contributed by atoms with van der Waals surface area (Å²) in [6.07, 6.45) is 17.2. The second-order valence-corrected chi connectivity index (χ2v) is 7.86. The average Bonchev–Trinajstić information content (AvgIpc) is 2.44. The SMILES string of the molecule is CCCCCCCCCCCC(O)C1CC(C)CC(C)C1. The van der Waals surface area contributed by atoms with E-state index in [0.717, 1.165) is 18.3 Å². The van der Waals surface area contributed by atoms with Crippen molar-refractivity contribution in [1.82, 2.24) is 0 Å². The number of hydrogen-bond acceptors (Lipinski definition) is 1. The minimum atomic E-state index is -0.0280. The summed E-state index contributed by atoms with van der Waals surface area (Å²) in [5, 5.41) is 10.4. The molecule has 0 spiro atoms. The van der Waals surface area contributed by atoms with Crippen LogP contribution in [0.4, 0.5) is 0 Å². The van der Waals surface area contributed by atoms with Gasteiger partial charge in [0.1, 0.15) is 0 Å². The molecule has 1 heteroatoms. The van der Waals surface area contributed by atoms with E-state index in [4.69, 9.17) is 0 Å². The van der Waals surface area contributed by atoms with Gasteiger partial charge in [0.2, 0.25) is 0 Å². The van der Waals surface area contributed by atoms with Crippen LogP contribution in [0, 0.1) is 17.8 Å². The maximum absolute atomic E-state index is 10.4. The Kier molecular flexibility index (Phi) is 10.4. The molecule has 0 aromatic heterocycles. The Hall–Kier alpha value is -0.0400. The fraction of sp³-hybridized carbons (Fsp3) is 1.00. The first-order valence-corrected chi connectivity index (χ1v) is 9.81. The molecule has 1 N–H and O–H groups in total. The van der Waals surface area contributed by atoms with E-state index in [0.29, 0.717) is 5.92 Å². The molecule has 1 aliphatic carbocycles. The molecule has 0 aromatic carbocycles. The number of hydrogen-bond donors (Lipinski definition) is 1. The topological polar surface area (TPSA) is 20.2 Å². The number of aliphatic hydroxyl groups is 1. The van der Waals surface area contributed by atoms with Crippen molar-refractivity contribution in [1.29, 1.82) is 0 Å². The molecule has 1 aliphatic rings. The smallest absolute Gasteiger partial charge is 0.0568 e. The number of aliphatic hydroxyl groups excluding tert-OH is 1. The summed E-state index contributed by atoms with van der Waals surface area (Å²) < 4.78 is 0. The maximum atomic E-state index is 10.4. The Labute approximate surface area is 133 Å². The van der Waals surface area contributed by atoms with Crippen molar-refractivity contribution in [2.45, 2.75) is 110 Å². The van der Waals surface area contributed by atoms with Gasteiger partial charge in [-0.15, -0.1) is 0 Å². The molecule has 1 saturated carbocycles. The van der Waals surface area contributed by atoms with Gasteiger partial charge in [0.15, 0.2) is 0 Å². The van der Waals surface area contributed by atoms with Gasteiger partial charge in [0, 0.05) is 0 Å². The first-order chi connectivity index (χ1) is 10.1. The molecule has 126 valence electrons. The van der Waals surface area contributed by atoms with Crippen molar-refractivity contribution in [2.75, 3.05) is 0 Å². The lowest BCUT2D eigenvalue weighted by Gasteiger charge is -2.34. The molecule has 0 aromatic rings. The second-order valence-electron chi connectivity index (χ2n) is 7.86. The molecule has 0 saturated heterocycles. The Morgan fingerprint density at radius 2 is 1.24 bits per heavy atom. The second kappa shape index (κ2) is 11.5. The lowest BCUT2D eigenvalue weighted by atomic mass is 9.74. The largest absolute Gasteiger partial charge is 0.393 e. The van der Waals surface area contributed by atoms with Crippen molar-refractivity contribution in [3.8, 4) is 0 Å². The highest BCUT2D eigenvalue weighted by Crippen LogP contribution is 2.35. The van der Waals surface area contributed by atoms with Crippen molar-refractivity contribution in [3.63, 3.8) is 0 Å². The third kappa shape index (κ3) is 8.86. The quantitative estimate of drug-likeness (QED) is 0.441. The fourth-order valence-electron chi connectivity index (χ4n) is 4.22. The van der Waals surface area contributed by atoms with Crippen LogP contribution in [0.3, 0.4) is 0 Å². The van der Waals surface area contributed by atoms with Crippen molar-refractivity contribution in [2.24, 2.45) is 17.8 Å². The first kappa shape index (κ1) is 19.0. The van der Waals surface area contributed by atoms with Gasteiger partial charge in [-0.2, -0.15) is 0 Å². The predicted molar refractivity (Wildman–Crippen MR) is 93.5 cm³/mol. The molecule has 1 rings (SSSR count). The third-order valence-electron chi connectivity index (χ3n) is 5.36. The van der Waals surface area contributed by atoms with E-state index in [1.54, 1.807) is 0 Å². The summed E-state index contributed by atoms with van der Waals surface area (Å²) in [5.41, 5.74) is 0. The van der Waals surface area contributed by atoms with E-state index in [9.17, 15) is 5.11 Å². The monoisotopic (exact) mass is 296 g/mol. The van der Waals surface area contributed by atoms with Gasteiger partial charge in [0.25, 0.3) is 0 Å². The molecule has 21 heavy (non-hydrogen) atoms. The van der Waals surface area contributed by atoms with Crippen LogP contribution in [0.15, 0.2) is 0 Å². The summed E-state index contributed by atoms with van der Waals surface area (Å²) in [6, 6.07) is 0. The number of unbranched alkanes of at least 4 members (excludes halogenated alkanes) is 8. The molecular weight excluding hydrogens is 256 g/mol. The Balaban J connectivity index is 1.97. The molecule has 0 radical (unpaired) electrons. The minimum absolute atomic E-state index is 0.0280. The van der Waals surface area contributed by atoms with Crippen molar-refractivity contribution < 1.29 is 5.11 Å². The molecule has 0 heterocycles. The van der Waals surface area contributed by atoms with E-state index < -0.39 is 0 Å². The summed E-state index contributed by atoms with van der Waals surface area (Å²) >= 11 is 0. The molecule has 3 unspecified atom stereocenters. The Morgan fingerprint density at radius 1 is 0.762 bits per heavy atom. The summed E-state index contributed by atoms with van der Waals surface area (Å²) in [4.78, 5) is 0. The van der Waals surface area contributed by atoms with Crippen molar-refractivity contribution >= 4 is 0 Å². The van der Waals surface area contributed by atoms with Crippen LogP contribution in [-0.2, 0) is 0 Å². The standard InChI is InChI=1S/C20H40O/c1-4-5-6-7-8-9-10-11-12-13-20(21)19-15-17(2)14-18(3)16-19/h17-21H,4-16H2,1-3H3. The minimum Gasteiger partial charge on any atom is -0.393 e. The zero-order valence-electron chi connectivity index (χ0n) is 14.9. The zero-order valence-corrected chi connectivity index (χ0v) is 14.9. The van der Waals surface area contributed by atoms with Gasteiger partial charge < -0.3 is 5.11 Å². The zero-order chi connectivity index (χ0) is 15.5. The lowest BCUT2D eigenvalue weighted by Crippen LogP contribution is -2.29. The van der Waals surface area contributed by atoms with Crippen LogP contribution < -0.4 is 0 Å².